The first kappa shape index (κ1) is 43.1. The van der Waals surface area contributed by atoms with Crippen molar-refractivity contribution < 1.29 is 30.3 Å². The minimum Gasteiger partial charge on any atom is -0.386 e. The van der Waals surface area contributed by atoms with E-state index in [0.29, 0.717) is 38.9 Å². The standard InChI is InChI=1S/C55H54O6/c56-50(36-43-22-8-1-9-23-43)52(58,39-46-28-14-4-15-29-46)54(60,41-48-32-18-6-19-33-48)55(61,42-49-34-20-7-21-35-49)53(59,40-47-30-16-5-17-31-47)51(57,37-44-24-10-2-11-25-44)38-45-26-12-3-13-27-45/h1-35,57-61H,36-42H2/t52-,53+,54+,55+/m0/s1. The fourth-order valence-electron chi connectivity index (χ4n) is 9.15. The summed E-state index contributed by atoms with van der Waals surface area (Å²) in [5, 5.41) is 71.1. The van der Waals surface area contributed by atoms with Gasteiger partial charge in [0.2, 0.25) is 0 Å². The lowest BCUT2D eigenvalue weighted by Gasteiger charge is -2.62. The predicted molar refractivity (Wildman–Crippen MR) is 241 cm³/mol. The molecule has 0 spiro atoms. The lowest BCUT2D eigenvalue weighted by molar-refractivity contribution is -0.329. The van der Waals surface area contributed by atoms with Crippen LogP contribution in [0.3, 0.4) is 0 Å². The number of ketones is 1. The molecule has 0 saturated carbocycles. The summed E-state index contributed by atoms with van der Waals surface area (Å²) in [5.41, 5.74) is -9.58. The van der Waals surface area contributed by atoms with Crippen LogP contribution in [0.25, 0.3) is 0 Å². The van der Waals surface area contributed by atoms with E-state index in [1.165, 1.54) is 0 Å². The van der Waals surface area contributed by atoms with Crippen molar-refractivity contribution in [1.29, 1.82) is 0 Å². The summed E-state index contributed by atoms with van der Waals surface area (Å²) in [6.07, 6.45) is -2.37. The van der Waals surface area contributed by atoms with Gasteiger partial charge in [-0.3, -0.25) is 4.79 Å². The Morgan fingerprint density at radius 1 is 0.295 bits per heavy atom. The van der Waals surface area contributed by atoms with Gasteiger partial charge < -0.3 is 25.5 Å². The number of hydrogen-bond donors (Lipinski definition) is 5. The molecule has 0 aromatic heterocycles. The van der Waals surface area contributed by atoms with Gasteiger partial charge in [-0.05, 0) is 38.9 Å². The van der Waals surface area contributed by atoms with Crippen LogP contribution in [0.2, 0.25) is 0 Å². The highest BCUT2D eigenvalue weighted by atomic mass is 16.4. The molecule has 0 aliphatic heterocycles. The molecule has 0 bridgehead atoms. The van der Waals surface area contributed by atoms with Crippen LogP contribution in [0.4, 0.5) is 0 Å². The molecule has 7 aromatic rings. The normalized spacial score (nSPS) is 15.7. The molecule has 61 heavy (non-hydrogen) atoms. The average molecular weight is 811 g/mol. The summed E-state index contributed by atoms with van der Waals surface area (Å²) in [6.45, 7) is 0. The molecule has 7 aromatic carbocycles. The molecule has 0 fully saturated rings. The van der Waals surface area contributed by atoms with E-state index in [4.69, 9.17) is 0 Å². The van der Waals surface area contributed by atoms with Gasteiger partial charge in [-0.2, -0.15) is 0 Å². The number of aliphatic hydroxyl groups is 5. The minimum absolute atomic E-state index is 0.167. The van der Waals surface area contributed by atoms with E-state index in [9.17, 15) is 25.5 Å². The number of carbonyl (C=O) groups excluding carboxylic acids is 1. The van der Waals surface area contributed by atoms with Crippen molar-refractivity contribution in [2.24, 2.45) is 0 Å². The van der Waals surface area contributed by atoms with Crippen molar-refractivity contribution in [2.75, 3.05) is 0 Å². The van der Waals surface area contributed by atoms with Crippen molar-refractivity contribution in [2.45, 2.75) is 73.0 Å². The van der Waals surface area contributed by atoms with E-state index in [1.54, 1.807) is 109 Å². The first-order valence-corrected chi connectivity index (χ1v) is 20.9. The molecule has 310 valence electrons. The van der Waals surface area contributed by atoms with Crippen LogP contribution in [0, 0.1) is 0 Å². The molecule has 7 rings (SSSR count). The molecule has 6 heteroatoms. The minimum atomic E-state index is -2.91. The van der Waals surface area contributed by atoms with Crippen LogP contribution >= 0.6 is 0 Å². The lowest BCUT2D eigenvalue weighted by Crippen LogP contribution is -2.84. The van der Waals surface area contributed by atoms with E-state index in [2.05, 4.69) is 0 Å². The van der Waals surface area contributed by atoms with E-state index >= 15 is 4.79 Å². The van der Waals surface area contributed by atoms with Gasteiger partial charge in [-0.1, -0.05) is 212 Å². The third kappa shape index (κ3) is 9.20. The Morgan fingerprint density at radius 3 is 0.869 bits per heavy atom. The molecule has 0 heterocycles. The second-order valence-electron chi connectivity index (χ2n) is 16.5. The molecule has 4 atom stereocenters. The van der Waals surface area contributed by atoms with Gasteiger partial charge in [0.15, 0.2) is 11.4 Å². The molecule has 6 nitrogen and oxygen atoms in total. The largest absolute Gasteiger partial charge is 0.386 e. The maximum absolute atomic E-state index is 15.4. The Kier molecular flexibility index (Phi) is 13.2. The van der Waals surface area contributed by atoms with Gasteiger partial charge in [-0.25, -0.2) is 0 Å². The number of rotatable bonds is 19. The Morgan fingerprint density at radius 2 is 0.541 bits per heavy atom. The third-order valence-electron chi connectivity index (χ3n) is 12.4. The molecule has 0 radical (unpaired) electrons. The van der Waals surface area contributed by atoms with Crippen molar-refractivity contribution in [3.63, 3.8) is 0 Å². The Bertz CT molecular complexity index is 2380. The molecule has 0 aliphatic carbocycles. The van der Waals surface area contributed by atoms with Gasteiger partial charge in [0.1, 0.15) is 22.4 Å². The maximum atomic E-state index is 15.4. The van der Waals surface area contributed by atoms with Gasteiger partial charge in [0.25, 0.3) is 0 Å². The topological polar surface area (TPSA) is 118 Å². The van der Waals surface area contributed by atoms with Crippen LogP contribution in [-0.2, 0) is 49.7 Å². The smallest absolute Gasteiger partial charge is 0.172 e. The van der Waals surface area contributed by atoms with E-state index in [0.717, 1.165) is 0 Å². The monoisotopic (exact) mass is 810 g/mol. The van der Waals surface area contributed by atoms with Crippen molar-refractivity contribution in [1.82, 2.24) is 0 Å². The zero-order valence-electron chi connectivity index (χ0n) is 34.3. The molecule has 0 unspecified atom stereocenters. The first-order valence-electron chi connectivity index (χ1n) is 20.9. The summed E-state index contributed by atoms with van der Waals surface area (Å²) in [5.74, 6) is -0.760. The molecule has 0 amide bonds. The zero-order valence-corrected chi connectivity index (χ0v) is 34.3. The lowest BCUT2D eigenvalue weighted by atomic mass is 9.51. The second kappa shape index (κ2) is 18.7. The quantitative estimate of drug-likeness (QED) is 0.0567. The summed E-state index contributed by atoms with van der Waals surface area (Å²) in [7, 11) is 0. The van der Waals surface area contributed by atoms with Crippen LogP contribution < -0.4 is 0 Å². The molecule has 0 aliphatic rings. The zero-order chi connectivity index (χ0) is 42.8. The maximum Gasteiger partial charge on any atom is 0.172 e. The third-order valence-corrected chi connectivity index (χ3v) is 12.4. The number of hydrogen-bond acceptors (Lipinski definition) is 6. The fourth-order valence-corrected chi connectivity index (χ4v) is 9.15. The summed E-state index contributed by atoms with van der Waals surface area (Å²) < 4.78 is 0. The van der Waals surface area contributed by atoms with Crippen LogP contribution in [-0.4, -0.2) is 59.3 Å². The number of benzene rings is 7. The van der Waals surface area contributed by atoms with Crippen molar-refractivity contribution >= 4 is 5.78 Å². The Balaban J connectivity index is 1.58. The summed E-state index contributed by atoms with van der Waals surface area (Å²) in [4.78, 5) is 15.4. The molecular weight excluding hydrogens is 757 g/mol. The van der Waals surface area contributed by atoms with Crippen LogP contribution in [0.1, 0.15) is 38.9 Å². The average Bonchev–Trinajstić information content (AvgIpc) is 3.28. The van der Waals surface area contributed by atoms with E-state index in [-0.39, 0.29) is 25.7 Å². The highest BCUT2D eigenvalue weighted by Gasteiger charge is 2.74. The first-order chi connectivity index (χ1) is 29.5. The summed E-state index contributed by atoms with van der Waals surface area (Å²) in [6, 6.07) is 63.3. The fraction of sp³-hybridized carbons (Fsp3) is 0.218. The Hall–Kier alpha value is -5.99. The summed E-state index contributed by atoms with van der Waals surface area (Å²) >= 11 is 0. The Labute approximate surface area is 359 Å². The highest BCUT2D eigenvalue weighted by Crippen LogP contribution is 2.52. The van der Waals surface area contributed by atoms with Gasteiger partial charge in [0, 0.05) is 44.9 Å². The van der Waals surface area contributed by atoms with Gasteiger partial charge in [-0.15, -0.1) is 0 Å². The van der Waals surface area contributed by atoms with Gasteiger partial charge in [0.05, 0.1) is 0 Å². The second-order valence-corrected chi connectivity index (χ2v) is 16.5. The molecular formula is C55H54O6. The highest BCUT2D eigenvalue weighted by molar-refractivity contribution is 5.91. The molecule has 5 N–H and O–H groups in total. The van der Waals surface area contributed by atoms with Crippen molar-refractivity contribution in [3.05, 3.63) is 251 Å². The predicted octanol–water partition coefficient (Wildman–Crippen LogP) is 7.91. The van der Waals surface area contributed by atoms with Crippen LogP contribution in [0.15, 0.2) is 212 Å². The van der Waals surface area contributed by atoms with Crippen molar-refractivity contribution in [3.8, 4) is 0 Å². The van der Waals surface area contributed by atoms with Gasteiger partial charge >= 0.3 is 0 Å². The molecule has 0 saturated heterocycles. The van der Waals surface area contributed by atoms with E-state index < -0.39 is 53.1 Å². The van der Waals surface area contributed by atoms with E-state index in [1.807, 2.05) is 103 Å². The number of carbonyl (C=O) groups is 1. The van der Waals surface area contributed by atoms with Crippen LogP contribution in [0.5, 0.6) is 0 Å². The SMILES string of the molecule is O=C(Cc1ccccc1)[C@@](O)(Cc1ccccc1)[C@](O)(Cc1ccccc1)[C@@](O)(Cc1ccccc1)[C@@](O)(Cc1ccccc1)C(O)(Cc1ccccc1)Cc1ccccc1. The number of Topliss-reactive ketones (excluding diaryl/α,β-unsaturated/α-hetero) is 1.